The number of hydrogen-bond donors (Lipinski definition) is 1. The predicted octanol–water partition coefficient (Wildman–Crippen LogP) is 2.88. The highest BCUT2D eigenvalue weighted by Crippen LogP contribution is 2.42. The third-order valence-electron chi connectivity index (χ3n) is 4.81. The smallest absolute Gasteiger partial charge is 0.338 e. The number of para-hydroxylation sites is 2. The number of sulfonamides is 1. The zero-order valence-corrected chi connectivity index (χ0v) is 19.0. The van der Waals surface area contributed by atoms with Crippen molar-refractivity contribution in [2.45, 2.75) is 24.8 Å². The van der Waals surface area contributed by atoms with Crippen molar-refractivity contribution in [2.75, 3.05) is 29.1 Å². The number of nitrogens with one attached hydrogen (secondary N) is 1. The maximum Gasteiger partial charge on any atom is 0.338 e. The number of fused-ring (bicyclic) bond motifs is 3. The monoisotopic (exact) mass is 475 g/mol. The molecule has 2 aromatic rings. The Hall–Kier alpha value is -3.05. The van der Waals surface area contributed by atoms with Crippen molar-refractivity contribution in [1.82, 2.24) is 0 Å². The summed E-state index contributed by atoms with van der Waals surface area (Å²) in [7, 11) is -3.46. The van der Waals surface area contributed by atoms with E-state index in [1.54, 1.807) is 42.5 Å². The molecule has 11 heteroatoms. The average molecular weight is 476 g/mol. The summed E-state index contributed by atoms with van der Waals surface area (Å²) in [6, 6.07) is 11.9. The maximum absolute atomic E-state index is 12.6. The van der Waals surface area contributed by atoms with Gasteiger partial charge in [0.1, 0.15) is 5.75 Å². The highest BCUT2D eigenvalue weighted by atomic mass is 32.2. The number of amidine groups is 1. The van der Waals surface area contributed by atoms with Crippen LogP contribution < -0.4 is 15.0 Å². The summed E-state index contributed by atoms with van der Waals surface area (Å²) in [5.74, 6) is -0.676. The molecular weight excluding hydrogens is 454 g/mol. The standard InChI is InChI=1S/C21H21N3O6S2/c1-3-29-17-7-5-4-6-15(17)22-19(25)13(2)30-20(26)14-8-9-16-18(12-14)31-21-23-32(27,28)11-10-24(16)21/h4-9,12-13H,3,10-11H2,1-2H3,(H,22,25). The summed E-state index contributed by atoms with van der Waals surface area (Å²) in [6.07, 6.45) is -1.04. The van der Waals surface area contributed by atoms with E-state index < -0.39 is 28.0 Å². The molecule has 1 atom stereocenters. The summed E-state index contributed by atoms with van der Waals surface area (Å²) >= 11 is 1.18. The van der Waals surface area contributed by atoms with Crippen LogP contribution in [0.2, 0.25) is 0 Å². The first-order valence-electron chi connectivity index (χ1n) is 9.93. The van der Waals surface area contributed by atoms with Crippen molar-refractivity contribution in [3.63, 3.8) is 0 Å². The summed E-state index contributed by atoms with van der Waals surface area (Å²) in [5.41, 5.74) is 1.54. The van der Waals surface area contributed by atoms with Gasteiger partial charge >= 0.3 is 5.97 Å². The first kappa shape index (κ1) is 22.2. The Bertz CT molecular complexity index is 1210. The van der Waals surface area contributed by atoms with Crippen molar-refractivity contribution in [3.8, 4) is 5.75 Å². The summed E-state index contributed by atoms with van der Waals surface area (Å²) in [5, 5.41) is 3.08. The van der Waals surface area contributed by atoms with Gasteiger partial charge in [-0.15, -0.1) is 4.40 Å². The molecule has 4 rings (SSSR count). The minimum absolute atomic E-state index is 0.0562. The van der Waals surface area contributed by atoms with Crippen LogP contribution in [0, 0.1) is 0 Å². The molecule has 0 bridgehead atoms. The van der Waals surface area contributed by atoms with E-state index in [1.807, 2.05) is 11.8 Å². The number of carbonyl (C=O) groups excluding carboxylic acids is 2. The predicted molar refractivity (Wildman–Crippen MR) is 122 cm³/mol. The fourth-order valence-corrected chi connectivity index (χ4v) is 5.52. The van der Waals surface area contributed by atoms with Gasteiger partial charge in [0.05, 0.1) is 29.3 Å². The lowest BCUT2D eigenvalue weighted by atomic mass is 10.2. The highest BCUT2D eigenvalue weighted by Gasteiger charge is 2.33. The first-order valence-corrected chi connectivity index (χ1v) is 12.4. The van der Waals surface area contributed by atoms with Gasteiger partial charge in [-0.3, -0.25) is 4.79 Å². The summed E-state index contributed by atoms with van der Waals surface area (Å²) in [4.78, 5) is 27.7. The molecule has 0 aliphatic carbocycles. The second-order valence-corrected chi connectivity index (χ2v) is 9.83. The summed E-state index contributed by atoms with van der Waals surface area (Å²) in [6.45, 7) is 4.09. The number of anilines is 2. The molecule has 2 aliphatic heterocycles. The van der Waals surface area contributed by atoms with Crippen LogP contribution in [0.25, 0.3) is 0 Å². The Labute approximate surface area is 189 Å². The molecule has 9 nitrogen and oxygen atoms in total. The van der Waals surface area contributed by atoms with Crippen LogP contribution >= 0.6 is 11.8 Å². The van der Waals surface area contributed by atoms with Gasteiger partial charge in [-0.25, -0.2) is 13.2 Å². The third-order valence-corrected chi connectivity index (χ3v) is 7.11. The molecule has 32 heavy (non-hydrogen) atoms. The minimum Gasteiger partial charge on any atom is -0.492 e. The van der Waals surface area contributed by atoms with Crippen LogP contribution in [-0.2, 0) is 19.6 Å². The molecule has 1 N–H and O–H groups in total. The number of hydrogen-bond acceptors (Lipinski definition) is 8. The van der Waals surface area contributed by atoms with Gasteiger partial charge in [-0.2, -0.15) is 0 Å². The van der Waals surface area contributed by atoms with Crippen LogP contribution in [0.1, 0.15) is 24.2 Å². The van der Waals surface area contributed by atoms with Gasteiger partial charge in [-0.05, 0) is 55.9 Å². The van der Waals surface area contributed by atoms with Gasteiger partial charge in [0.15, 0.2) is 11.3 Å². The molecule has 0 fully saturated rings. The fraction of sp³-hybridized carbons (Fsp3) is 0.286. The molecule has 2 aliphatic rings. The quantitative estimate of drug-likeness (QED) is 0.635. The number of esters is 1. The number of nitrogens with zero attached hydrogens (tertiary/aromatic N) is 2. The molecule has 0 radical (unpaired) electrons. The SMILES string of the molecule is CCOc1ccccc1NC(=O)C(C)OC(=O)c1ccc2c(c1)SC1=NS(=O)(=O)CCN12. The molecule has 0 saturated carbocycles. The lowest BCUT2D eigenvalue weighted by Gasteiger charge is -2.22. The second-order valence-electron chi connectivity index (χ2n) is 7.06. The Kier molecular flexibility index (Phi) is 6.11. The van der Waals surface area contributed by atoms with Crippen molar-refractivity contribution in [3.05, 3.63) is 48.0 Å². The van der Waals surface area contributed by atoms with Gasteiger partial charge in [0.25, 0.3) is 15.9 Å². The highest BCUT2D eigenvalue weighted by molar-refractivity contribution is 8.15. The van der Waals surface area contributed by atoms with Crippen molar-refractivity contribution in [2.24, 2.45) is 4.40 Å². The Balaban J connectivity index is 1.44. The van der Waals surface area contributed by atoms with Gasteiger partial charge in [-0.1, -0.05) is 12.1 Å². The van der Waals surface area contributed by atoms with Crippen LogP contribution in [0.15, 0.2) is 51.8 Å². The third kappa shape index (κ3) is 4.58. The largest absolute Gasteiger partial charge is 0.492 e. The molecule has 1 unspecified atom stereocenters. The Morgan fingerprint density at radius 2 is 2.03 bits per heavy atom. The van der Waals surface area contributed by atoms with Gasteiger partial charge in [0, 0.05) is 11.4 Å². The molecule has 2 heterocycles. The van der Waals surface area contributed by atoms with E-state index in [-0.39, 0.29) is 11.3 Å². The number of carbonyl (C=O) groups is 2. The molecule has 0 saturated heterocycles. The average Bonchev–Trinajstić information content (AvgIpc) is 3.10. The molecule has 2 aromatic carbocycles. The number of benzene rings is 2. The number of rotatable bonds is 6. The molecule has 1 amide bonds. The zero-order chi connectivity index (χ0) is 22.9. The van der Waals surface area contributed by atoms with E-state index in [0.29, 0.717) is 34.7 Å². The van der Waals surface area contributed by atoms with E-state index in [2.05, 4.69) is 9.71 Å². The Morgan fingerprint density at radius 1 is 1.25 bits per heavy atom. The molecular formula is C21H21N3O6S2. The van der Waals surface area contributed by atoms with Crippen molar-refractivity contribution >= 4 is 50.2 Å². The van der Waals surface area contributed by atoms with E-state index in [0.717, 1.165) is 5.69 Å². The van der Waals surface area contributed by atoms with E-state index in [1.165, 1.54) is 18.7 Å². The van der Waals surface area contributed by atoms with Gasteiger partial charge < -0.3 is 19.7 Å². The molecule has 168 valence electrons. The lowest BCUT2D eigenvalue weighted by Crippen LogP contribution is -2.35. The molecule has 0 aromatic heterocycles. The van der Waals surface area contributed by atoms with Crippen LogP contribution in [0.5, 0.6) is 5.75 Å². The zero-order valence-electron chi connectivity index (χ0n) is 17.4. The number of ether oxygens (including phenoxy) is 2. The fourth-order valence-electron chi connectivity index (χ4n) is 3.23. The van der Waals surface area contributed by atoms with E-state index >= 15 is 0 Å². The lowest BCUT2D eigenvalue weighted by molar-refractivity contribution is -0.123. The minimum atomic E-state index is -3.46. The first-order chi connectivity index (χ1) is 15.3. The van der Waals surface area contributed by atoms with Crippen LogP contribution in [-0.4, -0.2) is 50.5 Å². The van der Waals surface area contributed by atoms with E-state index in [9.17, 15) is 18.0 Å². The van der Waals surface area contributed by atoms with Crippen LogP contribution in [0.3, 0.4) is 0 Å². The topological polar surface area (TPSA) is 114 Å². The second kappa shape index (κ2) is 8.83. The van der Waals surface area contributed by atoms with E-state index in [4.69, 9.17) is 9.47 Å². The van der Waals surface area contributed by atoms with Crippen LogP contribution in [0.4, 0.5) is 11.4 Å². The van der Waals surface area contributed by atoms with Crippen molar-refractivity contribution in [1.29, 1.82) is 0 Å². The van der Waals surface area contributed by atoms with Crippen molar-refractivity contribution < 1.29 is 27.5 Å². The van der Waals surface area contributed by atoms with Gasteiger partial charge in [0.2, 0.25) is 0 Å². The normalized spacial score (nSPS) is 16.9. The number of thioether (sulfide) groups is 1. The number of amides is 1. The Morgan fingerprint density at radius 3 is 2.81 bits per heavy atom. The maximum atomic E-state index is 12.6. The summed E-state index contributed by atoms with van der Waals surface area (Å²) < 4.78 is 38.1. The molecule has 0 spiro atoms.